The van der Waals surface area contributed by atoms with Crippen LogP contribution in [0.5, 0.6) is 0 Å². The van der Waals surface area contributed by atoms with Gasteiger partial charge in [-0.15, -0.1) is 0 Å². The van der Waals surface area contributed by atoms with Crippen molar-refractivity contribution in [3.63, 3.8) is 0 Å². The van der Waals surface area contributed by atoms with Gasteiger partial charge in [0.2, 0.25) is 0 Å². The van der Waals surface area contributed by atoms with Crippen LogP contribution in [0, 0.1) is 0 Å². The van der Waals surface area contributed by atoms with Gasteiger partial charge >= 0.3 is 0 Å². The second-order valence-corrected chi connectivity index (χ2v) is 12.3. The third kappa shape index (κ3) is 4.42. The fraction of sp³-hybridized carbons (Fsp3) is 0. The summed E-state index contributed by atoms with van der Waals surface area (Å²) in [7, 11) is 0. The Bertz CT molecular complexity index is 2780. The summed E-state index contributed by atoms with van der Waals surface area (Å²) in [6, 6.07) is 56.9. The maximum atomic E-state index is 6.55. The Morgan fingerprint density at radius 2 is 0.755 bits per heavy atom. The average Bonchev–Trinajstić information content (AvgIpc) is 3.58. The molecule has 0 aliphatic heterocycles. The molecule has 0 atom stereocenters. The van der Waals surface area contributed by atoms with E-state index in [-0.39, 0.29) is 0 Å². The van der Waals surface area contributed by atoms with Crippen LogP contribution in [0.4, 0.5) is 0 Å². The molecule has 10 aromatic rings. The average molecular weight is 626 g/mol. The fourth-order valence-corrected chi connectivity index (χ4v) is 7.30. The molecule has 0 N–H and O–H groups in total. The molecule has 4 nitrogen and oxygen atoms in total. The summed E-state index contributed by atoms with van der Waals surface area (Å²) >= 11 is 0. The first kappa shape index (κ1) is 27.5. The lowest BCUT2D eigenvalue weighted by molar-refractivity contribution is 0.669. The molecule has 0 spiro atoms. The van der Waals surface area contributed by atoms with Gasteiger partial charge in [-0.3, -0.25) is 0 Å². The monoisotopic (exact) mass is 625 g/mol. The van der Waals surface area contributed by atoms with Crippen molar-refractivity contribution in [2.24, 2.45) is 0 Å². The highest BCUT2D eigenvalue weighted by molar-refractivity contribution is 6.26. The maximum Gasteiger partial charge on any atom is 0.164 e. The number of furan rings is 1. The number of hydrogen-bond acceptors (Lipinski definition) is 4. The second-order valence-electron chi connectivity index (χ2n) is 12.3. The molecule has 0 aliphatic rings. The van der Waals surface area contributed by atoms with Crippen molar-refractivity contribution in [1.29, 1.82) is 0 Å². The molecule has 2 aromatic heterocycles. The number of hydrogen-bond donors (Lipinski definition) is 0. The van der Waals surface area contributed by atoms with E-state index in [4.69, 9.17) is 19.4 Å². The molecule has 0 radical (unpaired) electrons. The van der Waals surface area contributed by atoms with Gasteiger partial charge in [0.15, 0.2) is 17.5 Å². The van der Waals surface area contributed by atoms with E-state index in [1.807, 2.05) is 78.9 Å². The Labute approximate surface area is 282 Å². The highest BCUT2D eigenvalue weighted by atomic mass is 16.3. The van der Waals surface area contributed by atoms with Crippen LogP contribution in [-0.2, 0) is 0 Å². The molecule has 8 aromatic carbocycles. The first-order valence-corrected chi connectivity index (χ1v) is 16.5. The number of rotatable bonds is 4. The molecular weight excluding hydrogens is 599 g/mol. The van der Waals surface area contributed by atoms with E-state index in [2.05, 4.69) is 84.9 Å². The summed E-state index contributed by atoms with van der Waals surface area (Å²) in [6.07, 6.45) is 0. The van der Waals surface area contributed by atoms with E-state index in [1.165, 1.54) is 32.3 Å². The molecule has 10 rings (SSSR count). The van der Waals surface area contributed by atoms with Crippen LogP contribution in [0.3, 0.4) is 0 Å². The quantitative estimate of drug-likeness (QED) is 0.183. The molecule has 0 unspecified atom stereocenters. The van der Waals surface area contributed by atoms with Crippen molar-refractivity contribution < 1.29 is 4.42 Å². The van der Waals surface area contributed by atoms with E-state index in [0.717, 1.165) is 49.8 Å². The zero-order chi connectivity index (χ0) is 32.3. The Morgan fingerprint density at radius 1 is 0.306 bits per heavy atom. The van der Waals surface area contributed by atoms with E-state index >= 15 is 0 Å². The van der Waals surface area contributed by atoms with Crippen LogP contribution in [0.25, 0.3) is 99.5 Å². The van der Waals surface area contributed by atoms with Gasteiger partial charge in [0, 0.05) is 27.5 Å². The largest absolute Gasteiger partial charge is 0.456 e. The van der Waals surface area contributed by atoms with Gasteiger partial charge in [-0.25, -0.2) is 15.0 Å². The summed E-state index contributed by atoms with van der Waals surface area (Å²) in [5.74, 6) is 1.86. The van der Waals surface area contributed by atoms with Gasteiger partial charge < -0.3 is 4.42 Å². The maximum absolute atomic E-state index is 6.55. The van der Waals surface area contributed by atoms with Gasteiger partial charge in [-0.1, -0.05) is 146 Å². The summed E-state index contributed by atoms with van der Waals surface area (Å²) in [4.78, 5) is 15.1. The van der Waals surface area contributed by atoms with Crippen molar-refractivity contribution >= 4 is 54.3 Å². The first-order valence-electron chi connectivity index (χ1n) is 16.5. The molecule has 228 valence electrons. The predicted octanol–water partition coefficient (Wildman–Crippen LogP) is 11.9. The molecular formula is C45H27N3O. The van der Waals surface area contributed by atoms with Crippen LogP contribution >= 0.6 is 0 Å². The van der Waals surface area contributed by atoms with Crippen LogP contribution in [0.1, 0.15) is 0 Å². The van der Waals surface area contributed by atoms with E-state index in [0.29, 0.717) is 17.5 Å². The predicted molar refractivity (Wildman–Crippen MR) is 201 cm³/mol. The highest BCUT2D eigenvalue weighted by Gasteiger charge is 2.20. The Balaban J connectivity index is 1.25. The third-order valence-corrected chi connectivity index (χ3v) is 9.52. The summed E-state index contributed by atoms with van der Waals surface area (Å²) in [6.45, 7) is 0. The van der Waals surface area contributed by atoms with Crippen molar-refractivity contribution in [3.05, 3.63) is 164 Å². The fourth-order valence-electron chi connectivity index (χ4n) is 7.30. The van der Waals surface area contributed by atoms with Gasteiger partial charge in [0.25, 0.3) is 0 Å². The number of fused-ring (bicyclic) bond motifs is 9. The number of benzene rings is 8. The molecule has 0 bridgehead atoms. The van der Waals surface area contributed by atoms with Crippen LogP contribution in [0.15, 0.2) is 168 Å². The molecule has 49 heavy (non-hydrogen) atoms. The Morgan fingerprint density at radius 3 is 1.33 bits per heavy atom. The van der Waals surface area contributed by atoms with Gasteiger partial charge in [0.05, 0.1) is 0 Å². The normalized spacial score (nSPS) is 11.7. The SMILES string of the molecule is c1ccc(-c2nc(-c3ccccc3)nc(-c3cccc4oc5cccc(-c6ccc7c8ccccc8c8ccccc8c7c6)c5c34)n2)cc1. The molecule has 0 fully saturated rings. The topological polar surface area (TPSA) is 51.8 Å². The minimum atomic E-state index is 0.604. The molecule has 0 aliphatic carbocycles. The number of nitrogens with zero attached hydrogens (tertiary/aromatic N) is 3. The second kappa shape index (κ2) is 11.0. The lowest BCUT2D eigenvalue weighted by atomic mass is 9.91. The number of aromatic nitrogens is 3. The van der Waals surface area contributed by atoms with Crippen LogP contribution in [-0.4, -0.2) is 15.0 Å². The highest BCUT2D eigenvalue weighted by Crippen LogP contribution is 2.43. The van der Waals surface area contributed by atoms with Crippen molar-refractivity contribution in [3.8, 4) is 45.3 Å². The third-order valence-electron chi connectivity index (χ3n) is 9.52. The van der Waals surface area contributed by atoms with Crippen LogP contribution < -0.4 is 0 Å². The summed E-state index contributed by atoms with van der Waals surface area (Å²) < 4.78 is 6.55. The lowest BCUT2D eigenvalue weighted by Gasteiger charge is -2.13. The van der Waals surface area contributed by atoms with Crippen molar-refractivity contribution in [1.82, 2.24) is 15.0 Å². The Hall–Kier alpha value is -6.65. The smallest absolute Gasteiger partial charge is 0.164 e. The molecule has 0 amide bonds. The zero-order valence-corrected chi connectivity index (χ0v) is 26.3. The van der Waals surface area contributed by atoms with Crippen LogP contribution in [0.2, 0.25) is 0 Å². The minimum absolute atomic E-state index is 0.604. The zero-order valence-electron chi connectivity index (χ0n) is 26.3. The Kier molecular flexibility index (Phi) is 6.15. The van der Waals surface area contributed by atoms with Crippen molar-refractivity contribution in [2.75, 3.05) is 0 Å². The van der Waals surface area contributed by atoms with Gasteiger partial charge in [-0.2, -0.15) is 0 Å². The summed E-state index contributed by atoms with van der Waals surface area (Å²) in [5, 5.41) is 9.54. The standard InChI is InChI=1S/C45H27N3O/c1-3-13-28(14-4-1)43-46-44(29-15-5-2-6-16-29)48-45(47-43)37-22-12-24-40-42(37)41-31(21-11-23-39(41)49-40)30-25-26-36-34-19-8-7-17-32(34)33-18-9-10-20-35(33)38(36)27-30/h1-27H. The molecule has 2 heterocycles. The molecule has 0 saturated heterocycles. The first-order chi connectivity index (χ1) is 24.3. The minimum Gasteiger partial charge on any atom is -0.456 e. The molecule has 4 heteroatoms. The van der Waals surface area contributed by atoms with E-state index < -0.39 is 0 Å². The lowest BCUT2D eigenvalue weighted by Crippen LogP contribution is -2.00. The van der Waals surface area contributed by atoms with Gasteiger partial charge in [-0.05, 0) is 61.6 Å². The van der Waals surface area contributed by atoms with Crippen molar-refractivity contribution in [2.45, 2.75) is 0 Å². The van der Waals surface area contributed by atoms with Gasteiger partial charge in [0.1, 0.15) is 11.2 Å². The van der Waals surface area contributed by atoms with E-state index in [1.54, 1.807) is 0 Å². The van der Waals surface area contributed by atoms with E-state index in [9.17, 15) is 0 Å². The summed E-state index contributed by atoms with van der Waals surface area (Å²) in [5.41, 5.74) is 6.61. The molecule has 0 saturated carbocycles.